The molecule has 0 amide bonds. The van der Waals surface area contributed by atoms with Gasteiger partial charge in [0.2, 0.25) is 5.92 Å². The number of halogens is 2. The van der Waals surface area contributed by atoms with E-state index in [1.54, 1.807) is 0 Å². The summed E-state index contributed by atoms with van der Waals surface area (Å²) in [5.41, 5.74) is 0. The molecule has 1 saturated heterocycles. The van der Waals surface area contributed by atoms with Crippen LogP contribution >= 0.6 is 0 Å². The molecule has 0 bridgehead atoms. The number of rotatable bonds is 3. The highest BCUT2D eigenvalue weighted by atomic mass is 19.3. The summed E-state index contributed by atoms with van der Waals surface area (Å²) in [5.74, 6) is -2.92. The fourth-order valence-corrected chi connectivity index (χ4v) is 1.99. The van der Waals surface area contributed by atoms with Gasteiger partial charge in [-0.05, 0) is 39.3 Å². The van der Waals surface area contributed by atoms with Crippen molar-refractivity contribution in [3.63, 3.8) is 0 Å². The average molecular weight is 191 g/mol. The van der Waals surface area contributed by atoms with Crippen LogP contribution in [0.15, 0.2) is 0 Å². The van der Waals surface area contributed by atoms with Crippen molar-refractivity contribution in [2.75, 3.05) is 19.6 Å². The van der Waals surface area contributed by atoms with E-state index in [9.17, 15) is 8.78 Å². The van der Waals surface area contributed by atoms with Gasteiger partial charge in [-0.2, -0.15) is 0 Å². The lowest BCUT2D eigenvalue weighted by atomic mass is 9.92. The lowest BCUT2D eigenvalue weighted by Gasteiger charge is -2.35. The van der Waals surface area contributed by atoms with Crippen LogP contribution in [0.3, 0.4) is 0 Å². The van der Waals surface area contributed by atoms with E-state index < -0.39 is 11.8 Å². The summed E-state index contributed by atoms with van der Waals surface area (Å²) < 4.78 is 26.0. The molecule has 78 valence electrons. The highest BCUT2D eigenvalue weighted by molar-refractivity contribution is 4.80. The molecule has 0 N–H and O–H groups in total. The summed E-state index contributed by atoms with van der Waals surface area (Å²) in [7, 11) is 0. The summed E-state index contributed by atoms with van der Waals surface area (Å²) >= 11 is 0. The van der Waals surface area contributed by atoms with Crippen molar-refractivity contribution in [1.29, 1.82) is 0 Å². The molecule has 1 nitrogen and oxygen atoms in total. The van der Waals surface area contributed by atoms with Crippen molar-refractivity contribution in [1.82, 2.24) is 4.90 Å². The zero-order valence-corrected chi connectivity index (χ0v) is 8.52. The molecule has 3 heteroatoms. The highest BCUT2D eigenvalue weighted by Crippen LogP contribution is 2.31. The second-order valence-electron chi connectivity index (χ2n) is 4.10. The molecule has 1 fully saturated rings. The summed E-state index contributed by atoms with van der Waals surface area (Å²) in [4.78, 5) is 2.16. The fourth-order valence-electron chi connectivity index (χ4n) is 1.99. The van der Waals surface area contributed by atoms with E-state index in [0.717, 1.165) is 32.9 Å². The Hall–Kier alpha value is -0.180. The normalized spacial score (nSPS) is 26.3. The van der Waals surface area contributed by atoms with Crippen LogP contribution in [0.4, 0.5) is 8.78 Å². The van der Waals surface area contributed by atoms with E-state index >= 15 is 0 Å². The maximum absolute atomic E-state index is 13.0. The molecule has 0 aromatic heterocycles. The third-order valence-corrected chi connectivity index (χ3v) is 2.76. The Morgan fingerprint density at radius 2 is 2.15 bits per heavy atom. The van der Waals surface area contributed by atoms with Crippen LogP contribution in [0.1, 0.15) is 33.1 Å². The minimum absolute atomic E-state index is 0.423. The Morgan fingerprint density at radius 1 is 1.46 bits per heavy atom. The lowest BCUT2D eigenvalue weighted by Crippen LogP contribution is -2.42. The van der Waals surface area contributed by atoms with E-state index in [4.69, 9.17) is 0 Å². The summed E-state index contributed by atoms with van der Waals surface area (Å²) in [6.07, 6.45) is 2.67. The standard InChI is InChI=1S/C10H19F2N/c1-3-6-13-7-4-5-9(8-13)10(2,11)12/h9H,3-8H2,1-2H3. The predicted molar refractivity (Wildman–Crippen MR) is 50.1 cm³/mol. The van der Waals surface area contributed by atoms with Crippen molar-refractivity contribution in [2.24, 2.45) is 5.92 Å². The Balaban J connectivity index is 2.42. The molecule has 13 heavy (non-hydrogen) atoms. The Bertz CT molecular complexity index is 151. The van der Waals surface area contributed by atoms with Gasteiger partial charge < -0.3 is 4.90 Å². The summed E-state index contributed by atoms with van der Waals surface area (Å²) in [5, 5.41) is 0. The summed E-state index contributed by atoms with van der Waals surface area (Å²) in [6.45, 7) is 5.69. The summed E-state index contributed by atoms with van der Waals surface area (Å²) in [6, 6.07) is 0. The monoisotopic (exact) mass is 191 g/mol. The van der Waals surface area contributed by atoms with Gasteiger partial charge in [0.25, 0.3) is 0 Å². The van der Waals surface area contributed by atoms with Crippen molar-refractivity contribution < 1.29 is 8.78 Å². The second-order valence-corrected chi connectivity index (χ2v) is 4.10. The Morgan fingerprint density at radius 3 is 2.69 bits per heavy atom. The van der Waals surface area contributed by atoms with E-state index in [-0.39, 0.29) is 0 Å². The first-order chi connectivity index (χ1) is 6.04. The molecular formula is C10H19F2N. The first-order valence-corrected chi connectivity index (χ1v) is 5.14. The molecule has 1 aliphatic heterocycles. The first kappa shape index (κ1) is 10.9. The van der Waals surface area contributed by atoms with Gasteiger partial charge in [-0.25, -0.2) is 8.78 Å². The van der Waals surface area contributed by atoms with Crippen LogP contribution in [-0.2, 0) is 0 Å². The van der Waals surface area contributed by atoms with Crippen LogP contribution in [0.5, 0.6) is 0 Å². The Labute approximate surface area is 79.1 Å². The number of alkyl halides is 2. The van der Waals surface area contributed by atoms with Crippen LogP contribution in [0.2, 0.25) is 0 Å². The Kier molecular flexibility index (Phi) is 3.65. The molecule has 0 radical (unpaired) electrons. The lowest BCUT2D eigenvalue weighted by molar-refractivity contribution is -0.0660. The van der Waals surface area contributed by atoms with Gasteiger partial charge in [0.05, 0.1) is 0 Å². The number of hydrogen-bond acceptors (Lipinski definition) is 1. The van der Waals surface area contributed by atoms with Gasteiger partial charge in [0, 0.05) is 12.5 Å². The maximum atomic E-state index is 13.0. The molecule has 1 atom stereocenters. The van der Waals surface area contributed by atoms with E-state index in [2.05, 4.69) is 11.8 Å². The second kappa shape index (κ2) is 4.36. The quantitative estimate of drug-likeness (QED) is 0.663. The molecule has 1 unspecified atom stereocenters. The topological polar surface area (TPSA) is 3.24 Å². The van der Waals surface area contributed by atoms with Gasteiger partial charge in [-0.15, -0.1) is 0 Å². The van der Waals surface area contributed by atoms with Gasteiger partial charge in [0.15, 0.2) is 0 Å². The molecule has 1 heterocycles. The molecular weight excluding hydrogens is 172 g/mol. The maximum Gasteiger partial charge on any atom is 0.249 e. The molecule has 0 saturated carbocycles. The minimum atomic E-state index is -2.49. The van der Waals surface area contributed by atoms with Gasteiger partial charge >= 0.3 is 0 Å². The first-order valence-electron chi connectivity index (χ1n) is 5.14. The van der Waals surface area contributed by atoms with E-state index in [1.165, 1.54) is 0 Å². The number of nitrogens with zero attached hydrogens (tertiary/aromatic N) is 1. The fraction of sp³-hybridized carbons (Fsp3) is 1.00. The third-order valence-electron chi connectivity index (χ3n) is 2.76. The largest absolute Gasteiger partial charge is 0.303 e. The van der Waals surface area contributed by atoms with Crippen molar-refractivity contribution >= 4 is 0 Å². The predicted octanol–water partition coefficient (Wildman–Crippen LogP) is 2.76. The molecule has 0 aromatic rings. The van der Waals surface area contributed by atoms with Crippen molar-refractivity contribution in [3.8, 4) is 0 Å². The van der Waals surface area contributed by atoms with Crippen molar-refractivity contribution in [2.45, 2.75) is 39.0 Å². The number of piperidine rings is 1. The average Bonchev–Trinajstić information content (AvgIpc) is 2.04. The van der Waals surface area contributed by atoms with Crippen molar-refractivity contribution in [3.05, 3.63) is 0 Å². The van der Waals surface area contributed by atoms with E-state index in [1.807, 2.05) is 0 Å². The molecule has 0 aliphatic carbocycles. The highest BCUT2D eigenvalue weighted by Gasteiger charge is 2.36. The van der Waals surface area contributed by atoms with Crippen LogP contribution in [0, 0.1) is 5.92 Å². The van der Waals surface area contributed by atoms with Gasteiger partial charge in [-0.1, -0.05) is 6.92 Å². The smallest absolute Gasteiger partial charge is 0.249 e. The van der Waals surface area contributed by atoms with Crippen LogP contribution < -0.4 is 0 Å². The molecule has 0 spiro atoms. The van der Waals surface area contributed by atoms with Gasteiger partial charge in [0.1, 0.15) is 0 Å². The van der Waals surface area contributed by atoms with Crippen LogP contribution in [-0.4, -0.2) is 30.5 Å². The number of likely N-dealkylation sites (tertiary alicyclic amines) is 1. The molecule has 1 aliphatic rings. The van der Waals surface area contributed by atoms with E-state index in [0.29, 0.717) is 13.0 Å². The third kappa shape index (κ3) is 3.22. The zero-order valence-electron chi connectivity index (χ0n) is 8.52. The molecule has 0 aromatic carbocycles. The SMILES string of the molecule is CCCN1CCCC(C(C)(F)F)C1. The number of hydrogen-bond donors (Lipinski definition) is 0. The minimum Gasteiger partial charge on any atom is -0.303 e. The zero-order chi connectivity index (χ0) is 9.90. The molecule has 1 rings (SSSR count). The van der Waals surface area contributed by atoms with Crippen LogP contribution in [0.25, 0.3) is 0 Å². The van der Waals surface area contributed by atoms with Gasteiger partial charge in [-0.3, -0.25) is 0 Å².